The minimum atomic E-state index is -0.391. The normalized spacial score (nSPS) is 11.2. The van der Waals surface area contributed by atoms with Gasteiger partial charge in [-0.25, -0.2) is 5.43 Å². The lowest BCUT2D eigenvalue weighted by molar-refractivity contribution is 0.0955. The van der Waals surface area contributed by atoms with Gasteiger partial charge in [-0.2, -0.15) is 5.10 Å². The van der Waals surface area contributed by atoms with Gasteiger partial charge < -0.3 is 8.98 Å². The molecule has 156 valence electrons. The first-order valence-electron chi connectivity index (χ1n) is 9.56. The third-order valence-corrected chi connectivity index (χ3v) is 5.87. The number of nitrogens with zero attached hydrogens (tertiary/aromatic N) is 2. The zero-order valence-electron chi connectivity index (χ0n) is 16.9. The Morgan fingerprint density at radius 2 is 1.74 bits per heavy atom. The van der Waals surface area contributed by atoms with Crippen LogP contribution in [0.15, 0.2) is 76.2 Å². The highest BCUT2D eigenvalue weighted by molar-refractivity contribution is 14.1. The van der Waals surface area contributed by atoms with E-state index in [2.05, 4.69) is 37.7 Å². The molecule has 2 aromatic heterocycles. The average molecular weight is 544 g/mol. The first-order chi connectivity index (χ1) is 14.9. The Bertz CT molecular complexity index is 1250. The third kappa shape index (κ3) is 4.75. The van der Waals surface area contributed by atoms with Crippen LogP contribution >= 0.6 is 34.2 Å². The maximum atomic E-state index is 12.5. The van der Waals surface area contributed by atoms with Gasteiger partial charge in [0.1, 0.15) is 11.5 Å². The topological polar surface area (TPSA) is 59.5 Å². The van der Waals surface area contributed by atoms with Crippen molar-refractivity contribution in [3.63, 3.8) is 0 Å². The van der Waals surface area contributed by atoms with Crippen molar-refractivity contribution >= 4 is 46.3 Å². The summed E-state index contributed by atoms with van der Waals surface area (Å²) in [6.07, 6.45) is 1.46. The van der Waals surface area contributed by atoms with Gasteiger partial charge in [-0.15, -0.1) is 0 Å². The lowest BCUT2D eigenvalue weighted by atomic mass is 10.2. The molecule has 5 nitrogen and oxygen atoms in total. The maximum Gasteiger partial charge on any atom is 0.272 e. The van der Waals surface area contributed by atoms with Crippen LogP contribution in [0.3, 0.4) is 0 Å². The van der Waals surface area contributed by atoms with Gasteiger partial charge in [-0.3, -0.25) is 4.79 Å². The summed E-state index contributed by atoms with van der Waals surface area (Å²) in [4.78, 5) is 12.5. The van der Waals surface area contributed by atoms with Crippen LogP contribution in [0, 0.1) is 17.4 Å². The quantitative estimate of drug-likeness (QED) is 0.180. The van der Waals surface area contributed by atoms with E-state index in [9.17, 15) is 4.79 Å². The van der Waals surface area contributed by atoms with Gasteiger partial charge in [-0.05, 0) is 91.0 Å². The van der Waals surface area contributed by atoms with E-state index in [-0.39, 0.29) is 0 Å². The molecular weight excluding hydrogens is 525 g/mol. The van der Waals surface area contributed by atoms with Gasteiger partial charge in [0.2, 0.25) is 0 Å². The minimum absolute atomic E-state index is 0.351. The molecule has 0 aliphatic heterocycles. The van der Waals surface area contributed by atoms with Crippen molar-refractivity contribution in [2.75, 3.05) is 0 Å². The summed E-state index contributed by atoms with van der Waals surface area (Å²) in [6.45, 7) is 4.05. The van der Waals surface area contributed by atoms with Crippen molar-refractivity contribution in [2.45, 2.75) is 13.8 Å². The standard InChI is InChI=1S/C24H19ClIN3O2/c1-15-3-4-16(2)29(15)19-9-11-21(22(25)13-19)24(30)28-27-14-20-10-12-23(31-20)17-5-7-18(26)8-6-17/h3-14H,1-2H3,(H,28,30)/b27-14+. The number of benzene rings is 2. The number of aromatic nitrogens is 1. The highest BCUT2D eigenvalue weighted by atomic mass is 127. The molecule has 0 fully saturated rings. The lowest BCUT2D eigenvalue weighted by Gasteiger charge is -2.11. The molecule has 2 aromatic carbocycles. The second kappa shape index (κ2) is 9.11. The summed E-state index contributed by atoms with van der Waals surface area (Å²) in [5.41, 5.74) is 6.92. The molecule has 4 rings (SSSR count). The number of hydrazone groups is 1. The largest absolute Gasteiger partial charge is 0.455 e. The van der Waals surface area contributed by atoms with E-state index in [1.165, 1.54) is 6.21 Å². The van der Waals surface area contributed by atoms with E-state index in [4.69, 9.17) is 16.0 Å². The van der Waals surface area contributed by atoms with E-state index in [1.54, 1.807) is 18.2 Å². The Labute approximate surface area is 198 Å². The Hall–Kier alpha value is -2.84. The van der Waals surface area contributed by atoms with Gasteiger partial charge in [0.15, 0.2) is 0 Å². The van der Waals surface area contributed by atoms with E-state index in [1.807, 2.05) is 62.4 Å². The molecule has 4 aromatic rings. The van der Waals surface area contributed by atoms with Crippen LogP contribution in [0.25, 0.3) is 17.0 Å². The molecule has 1 amide bonds. The van der Waals surface area contributed by atoms with Crippen LogP contribution in [-0.2, 0) is 0 Å². The number of hydrogen-bond acceptors (Lipinski definition) is 3. The molecule has 0 radical (unpaired) electrons. The van der Waals surface area contributed by atoms with Crippen LogP contribution in [-0.4, -0.2) is 16.7 Å². The summed E-state index contributed by atoms with van der Waals surface area (Å²) < 4.78 is 9.00. The first-order valence-corrected chi connectivity index (χ1v) is 11.0. The molecule has 31 heavy (non-hydrogen) atoms. The van der Waals surface area contributed by atoms with E-state index < -0.39 is 5.91 Å². The number of carbonyl (C=O) groups is 1. The Morgan fingerprint density at radius 3 is 2.42 bits per heavy atom. The molecule has 0 atom stereocenters. The molecular formula is C24H19ClIN3O2. The fourth-order valence-electron chi connectivity index (χ4n) is 3.31. The molecule has 0 aliphatic rings. The van der Waals surface area contributed by atoms with Crippen molar-refractivity contribution in [3.8, 4) is 17.0 Å². The zero-order chi connectivity index (χ0) is 22.0. The molecule has 0 bridgehead atoms. The number of furan rings is 1. The van der Waals surface area contributed by atoms with Gasteiger partial charge in [0.25, 0.3) is 5.91 Å². The van der Waals surface area contributed by atoms with Crippen molar-refractivity contribution in [3.05, 3.63) is 98.0 Å². The van der Waals surface area contributed by atoms with Crippen molar-refractivity contribution in [2.24, 2.45) is 5.10 Å². The monoisotopic (exact) mass is 543 g/mol. The Morgan fingerprint density at radius 1 is 1.03 bits per heavy atom. The second-order valence-electron chi connectivity index (χ2n) is 7.02. The number of amides is 1. The summed E-state index contributed by atoms with van der Waals surface area (Å²) in [5.74, 6) is 0.880. The predicted octanol–water partition coefficient (Wildman–Crippen LogP) is 6.38. The number of halogens is 2. The summed E-state index contributed by atoms with van der Waals surface area (Å²) in [5, 5.41) is 4.36. The van der Waals surface area contributed by atoms with Crippen LogP contribution in [0.4, 0.5) is 0 Å². The molecule has 0 saturated carbocycles. The number of rotatable bonds is 5. The highest BCUT2D eigenvalue weighted by Gasteiger charge is 2.12. The van der Waals surface area contributed by atoms with Crippen molar-refractivity contribution < 1.29 is 9.21 Å². The van der Waals surface area contributed by atoms with Crippen LogP contribution in [0.1, 0.15) is 27.5 Å². The lowest BCUT2D eigenvalue weighted by Crippen LogP contribution is -2.18. The van der Waals surface area contributed by atoms with Gasteiger partial charge in [-0.1, -0.05) is 23.7 Å². The van der Waals surface area contributed by atoms with Crippen molar-refractivity contribution in [1.29, 1.82) is 0 Å². The molecule has 0 aliphatic carbocycles. The molecule has 1 N–H and O–H groups in total. The average Bonchev–Trinajstić information content (AvgIpc) is 3.35. The second-order valence-corrected chi connectivity index (χ2v) is 8.68. The van der Waals surface area contributed by atoms with Crippen LogP contribution in [0.2, 0.25) is 5.02 Å². The highest BCUT2D eigenvalue weighted by Crippen LogP contribution is 2.24. The van der Waals surface area contributed by atoms with E-state index in [0.29, 0.717) is 16.3 Å². The van der Waals surface area contributed by atoms with Crippen molar-refractivity contribution in [1.82, 2.24) is 9.99 Å². The number of nitrogens with one attached hydrogen (secondary N) is 1. The van der Waals surface area contributed by atoms with E-state index >= 15 is 0 Å². The van der Waals surface area contributed by atoms with Crippen LogP contribution < -0.4 is 5.43 Å². The zero-order valence-corrected chi connectivity index (χ0v) is 19.8. The fraction of sp³-hybridized carbons (Fsp3) is 0.0833. The minimum Gasteiger partial charge on any atom is -0.455 e. The predicted molar refractivity (Wildman–Crippen MR) is 132 cm³/mol. The molecule has 0 spiro atoms. The summed E-state index contributed by atoms with van der Waals surface area (Å²) in [6, 6.07) is 21.1. The van der Waals surface area contributed by atoms with Crippen LogP contribution in [0.5, 0.6) is 0 Å². The smallest absolute Gasteiger partial charge is 0.272 e. The Balaban J connectivity index is 1.44. The maximum absolute atomic E-state index is 12.5. The fourth-order valence-corrected chi connectivity index (χ4v) is 3.93. The summed E-state index contributed by atoms with van der Waals surface area (Å²) >= 11 is 8.64. The molecule has 7 heteroatoms. The van der Waals surface area contributed by atoms with Gasteiger partial charge in [0.05, 0.1) is 16.8 Å². The molecule has 0 saturated heterocycles. The Kier molecular flexibility index (Phi) is 6.29. The molecule has 0 unspecified atom stereocenters. The summed E-state index contributed by atoms with van der Waals surface area (Å²) in [7, 11) is 0. The molecule has 2 heterocycles. The number of aryl methyl sites for hydroxylation is 2. The van der Waals surface area contributed by atoms with E-state index in [0.717, 1.165) is 32.0 Å². The van der Waals surface area contributed by atoms with Gasteiger partial charge >= 0.3 is 0 Å². The third-order valence-electron chi connectivity index (χ3n) is 4.84. The number of hydrogen-bond donors (Lipinski definition) is 1. The SMILES string of the molecule is Cc1ccc(C)n1-c1ccc(C(=O)N/N=C/c2ccc(-c3ccc(I)cc3)o2)c(Cl)c1. The number of carbonyl (C=O) groups excluding carboxylic acids is 1. The van der Waals surface area contributed by atoms with Gasteiger partial charge in [0, 0.05) is 26.2 Å². The first kappa shape index (κ1) is 21.4.